The molecule has 1 aromatic heterocycles. The maximum Gasteiger partial charge on any atom is 0.142 e. The van der Waals surface area contributed by atoms with Crippen molar-refractivity contribution in [3.8, 4) is 5.75 Å². The van der Waals surface area contributed by atoms with Crippen molar-refractivity contribution in [1.29, 1.82) is 0 Å². The van der Waals surface area contributed by atoms with Crippen LogP contribution in [0.5, 0.6) is 5.75 Å². The van der Waals surface area contributed by atoms with E-state index in [9.17, 15) is 0 Å². The molecule has 4 nitrogen and oxygen atoms in total. The van der Waals surface area contributed by atoms with Crippen LogP contribution in [0.4, 0.5) is 0 Å². The highest BCUT2D eigenvalue weighted by molar-refractivity contribution is 6.32. The monoisotopic (exact) mass is 266 g/mol. The van der Waals surface area contributed by atoms with Crippen LogP contribution in [-0.4, -0.2) is 12.2 Å². The molecule has 0 aliphatic carbocycles. The van der Waals surface area contributed by atoms with Crippen molar-refractivity contribution in [1.82, 2.24) is 10.5 Å². The minimum atomic E-state index is 0.345. The number of rotatable bonds is 5. The number of nitrogens with zero attached hydrogens (tertiary/aromatic N) is 1. The van der Waals surface area contributed by atoms with Gasteiger partial charge in [0.1, 0.15) is 23.8 Å². The van der Waals surface area contributed by atoms with Gasteiger partial charge in [-0.2, -0.15) is 0 Å². The van der Waals surface area contributed by atoms with E-state index in [-0.39, 0.29) is 0 Å². The molecule has 0 spiro atoms. The van der Waals surface area contributed by atoms with E-state index in [4.69, 9.17) is 20.9 Å². The number of halogens is 1. The van der Waals surface area contributed by atoms with Gasteiger partial charge in [-0.15, -0.1) is 0 Å². The fourth-order valence-corrected chi connectivity index (χ4v) is 1.93. The van der Waals surface area contributed by atoms with Crippen LogP contribution in [0, 0.1) is 6.92 Å². The zero-order valence-electron chi connectivity index (χ0n) is 10.4. The van der Waals surface area contributed by atoms with E-state index in [1.165, 1.54) is 0 Å². The average molecular weight is 267 g/mol. The van der Waals surface area contributed by atoms with Crippen LogP contribution in [0.3, 0.4) is 0 Å². The van der Waals surface area contributed by atoms with E-state index in [1.54, 1.807) is 0 Å². The zero-order valence-corrected chi connectivity index (χ0v) is 11.1. The van der Waals surface area contributed by atoms with Crippen LogP contribution in [0.1, 0.15) is 17.0 Å². The third kappa shape index (κ3) is 3.03. The highest BCUT2D eigenvalue weighted by Crippen LogP contribution is 2.29. The van der Waals surface area contributed by atoms with E-state index in [0.29, 0.717) is 23.9 Å². The van der Waals surface area contributed by atoms with Gasteiger partial charge in [-0.25, -0.2) is 0 Å². The number of aryl methyl sites for hydroxylation is 1. The number of nitrogens with one attached hydrogen (secondary N) is 1. The molecule has 1 aromatic carbocycles. The Balaban J connectivity index is 2.12. The summed E-state index contributed by atoms with van der Waals surface area (Å²) in [5, 5.41) is 7.56. The third-order valence-electron chi connectivity index (χ3n) is 2.46. The molecule has 0 amide bonds. The van der Waals surface area contributed by atoms with Gasteiger partial charge in [-0.3, -0.25) is 0 Å². The first-order valence-electron chi connectivity index (χ1n) is 5.67. The lowest BCUT2D eigenvalue weighted by molar-refractivity contribution is 0.285. The Bertz CT molecular complexity index is 525. The molecule has 0 saturated heterocycles. The molecule has 0 aliphatic rings. The first-order chi connectivity index (χ1) is 8.70. The highest BCUT2D eigenvalue weighted by atomic mass is 35.5. The van der Waals surface area contributed by atoms with Gasteiger partial charge in [-0.1, -0.05) is 28.9 Å². The summed E-state index contributed by atoms with van der Waals surface area (Å²) in [4.78, 5) is 0. The number of hydrogen-bond acceptors (Lipinski definition) is 4. The van der Waals surface area contributed by atoms with Crippen LogP contribution in [0.25, 0.3) is 0 Å². The summed E-state index contributed by atoms with van der Waals surface area (Å²) in [5.74, 6) is 1.46. The second kappa shape index (κ2) is 5.89. The molecule has 0 bridgehead atoms. The Kier molecular flexibility index (Phi) is 4.23. The van der Waals surface area contributed by atoms with Gasteiger partial charge in [0, 0.05) is 18.2 Å². The molecule has 5 heteroatoms. The van der Waals surface area contributed by atoms with Gasteiger partial charge in [0.05, 0.1) is 5.02 Å². The lowest BCUT2D eigenvalue weighted by Crippen LogP contribution is -2.08. The Labute approximate surface area is 111 Å². The Hall–Kier alpha value is -1.52. The van der Waals surface area contributed by atoms with Gasteiger partial charge >= 0.3 is 0 Å². The molecule has 2 rings (SSSR count). The molecule has 0 radical (unpaired) electrons. The normalized spacial score (nSPS) is 10.6. The molecular formula is C13H15ClN2O2. The van der Waals surface area contributed by atoms with E-state index in [1.807, 2.05) is 38.2 Å². The summed E-state index contributed by atoms with van der Waals surface area (Å²) in [6, 6.07) is 7.53. The third-order valence-corrected chi connectivity index (χ3v) is 2.75. The fraction of sp³-hybridized carbons (Fsp3) is 0.308. The molecular weight excluding hydrogens is 252 g/mol. The predicted octanol–water partition coefficient (Wildman–Crippen LogP) is 2.93. The summed E-state index contributed by atoms with van der Waals surface area (Å²) in [6.07, 6.45) is 0. The minimum Gasteiger partial charge on any atom is -0.485 e. The summed E-state index contributed by atoms with van der Waals surface area (Å²) in [5.41, 5.74) is 1.77. The van der Waals surface area contributed by atoms with Crippen LogP contribution >= 0.6 is 11.6 Å². The van der Waals surface area contributed by atoms with Crippen molar-refractivity contribution in [2.45, 2.75) is 20.1 Å². The first kappa shape index (κ1) is 12.9. The van der Waals surface area contributed by atoms with Crippen LogP contribution in [0.2, 0.25) is 5.02 Å². The smallest absolute Gasteiger partial charge is 0.142 e. The SMILES string of the molecule is CNCc1cccc(Cl)c1OCc1cc(C)on1. The Morgan fingerprint density at radius 1 is 1.44 bits per heavy atom. The Morgan fingerprint density at radius 2 is 2.28 bits per heavy atom. The van der Waals surface area contributed by atoms with Gasteiger partial charge in [0.2, 0.25) is 0 Å². The van der Waals surface area contributed by atoms with Crippen LogP contribution in [0.15, 0.2) is 28.8 Å². The molecule has 0 atom stereocenters. The molecule has 2 aromatic rings. The highest BCUT2D eigenvalue weighted by Gasteiger charge is 2.09. The molecule has 0 saturated carbocycles. The molecule has 0 aliphatic heterocycles. The lowest BCUT2D eigenvalue weighted by atomic mass is 10.2. The molecule has 0 fully saturated rings. The van der Waals surface area contributed by atoms with Crippen molar-refractivity contribution in [3.63, 3.8) is 0 Å². The van der Waals surface area contributed by atoms with Crippen LogP contribution in [-0.2, 0) is 13.2 Å². The number of benzene rings is 1. The summed E-state index contributed by atoms with van der Waals surface area (Å²) < 4.78 is 10.7. The molecule has 18 heavy (non-hydrogen) atoms. The topological polar surface area (TPSA) is 47.3 Å². The van der Waals surface area contributed by atoms with Crippen molar-refractivity contribution in [2.24, 2.45) is 0 Å². The maximum atomic E-state index is 6.14. The average Bonchev–Trinajstić information content (AvgIpc) is 2.75. The van der Waals surface area contributed by atoms with Crippen LogP contribution < -0.4 is 10.1 Å². The van der Waals surface area contributed by atoms with E-state index in [2.05, 4.69) is 10.5 Å². The molecule has 96 valence electrons. The number of para-hydroxylation sites is 1. The zero-order chi connectivity index (χ0) is 13.0. The maximum absolute atomic E-state index is 6.14. The predicted molar refractivity (Wildman–Crippen MR) is 69.8 cm³/mol. The number of hydrogen-bond donors (Lipinski definition) is 1. The minimum absolute atomic E-state index is 0.345. The molecule has 1 N–H and O–H groups in total. The summed E-state index contributed by atoms with van der Waals surface area (Å²) >= 11 is 6.14. The van der Waals surface area contributed by atoms with Gasteiger partial charge in [0.15, 0.2) is 0 Å². The largest absolute Gasteiger partial charge is 0.485 e. The fourth-order valence-electron chi connectivity index (χ4n) is 1.68. The quantitative estimate of drug-likeness (QED) is 0.904. The Morgan fingerprint density at radius 3 is 2.94 bits per heavy atom. The van der Waals surface area contributed by atoms with E-state index in [0.717, 1.165) is 17.0 Å². The second-order valence-electron chi connectivity index (χ2n) is 3.98. The van der Waals surface area contributed by atoms with Crippen molar-refractivity contribution < 1.29 is 9.26 Å². The summed E-state index contributed by atoms with van der Waals surface area (Å²) in [7, 11) is 1.88. The van der Waals surface area contributed by atoms with Gasteiger partial charge < -0.3 is 14.6 Å². The second-order valence-corrected chi connectivity index (χ2v) is 4.38. The molecule has 0 unspecified atom stereocenters. The number of ether oxygens (including phenoxy) is 1. The van der Waals surface area contributed by atoms with Gasteiger partial charge in [0.25, 0.3) is 0 Å². The van der Waals surface area contributed by atoms with Crippen molar-refractivity contribution in [2.75, 3.05) is 7.05 Å². The summed E-state index contributed by atoms with van der Waals surface area (Å²) in [6.45, 7) is 2.89. The van der Waals surface area contributed by atoms with Crippen molar-refractivity contribution >= 4 is 11.6 Å². The van der Waals surface area contributed by atoms with Gasteiger partial charge in [-0.05, 0) is 20.0 Å². The van der Waals surface area contributed by atoms with E-state index < -0.39 is 0 Å². The number of aromatic nitrogens is 1. The van der Waals surface area contributed by atoms with E-state index >= 15 is 0 Å². The van der Waals surface area contributed by atoms with Crippen molar-refractivity contribution in [3.05, 3.63) is 46.3 Å². The molecule has 1 heterocycles. The lowest BCUT2D eigenvalue weighted by Gasteiger charge is -2.11. The standard InChI is InChI=1S/C13H15ClN2O2/c1-9-6-11(16-18-9)8-17-13-10(7-15-2)4-3-5-12(13)14/h3-6,15H,7-8H2,1-2H3. The first-order valence-corrected chi connectivity index (χ1v) is 6.05.